The van der Waals surface area contributed by atoms with E-state index < -0.39 is 11.7 Å². The summed E-state index contributed by atoms with van der Waals surface area (Å²) in [4.78, 5) is 2.43. The Hall–Kier alpha value is -0.860. The van der Waals surface area contributed by atoms with Crippen molar-refractivity contribution in [3.63, 3.8) is 0 Å². The number of hydrazine groups is 1. The minimum atomic E-state index is -4.28. The van der Waals surface area contributed by atoms with Crippen LogP contribution in [0.25, 0.3) is 0 Å². The highest BCUT2D eigenvalue weighted by molar-refractivity contribution is 5.85. The van der Waals surface area contributed by atoms with E-state index in [1.807, 2.05) is 0 Å². The van der Waals surface area contributed by atoms with Gasteiger partial charge in [-0.25, -0.2) is 5.43 Å². The van der Waals surface area contributed by atoms with E-state index >= 15 is 0 Å². The van der Waals surface area contributed by atoms with Gasteiger partial charge in [-0.1, -0.05) is 12.1 Å². The molecule has 0 bridgehead atoms. The lowest BCUT2D eigenvalue weighted by Gasteiger charge is -2.34. The second kappa shape index (κ2) is 8.01. The average Bonchev–Trinajstić information content (AvgIpc) is 2.94. The maximum atomic E-state index is 12.7. The molecule has 24 heavy (non-hydrogen) atoms. The van der Waals surface area contributed by atoms with Crippen molar-refractivity contribution >= 4 is 12.4 Å². The molecule has 3 N–H and O–H groups in total. The van der Waals surface area contributed by atoms with Crippen molar-refractivity contribution in [3.8, 4) is 0 Å². The molecule has 136 valence electrons. The molecule has 0 radical (unpaired) electrons. The topological polar surface area (TPSA) is 39.3 Å². The largest absolute Gasteiger partial charge is 0.416 e. The first-order valence-electron chi connectivity index (χ1n) is 8.05. The smallest absolute Gasteiger partial charge is 0.312 e. The number of halogens is 4. The molecule has 8 heteroatoms. The van der Waals surface area contributed by atoms with Crippen LogP contribution in [0, 0.1) is 5.92 Å². The molecule has 0 spiro atoms. The van der Waals surface area contributed by atoms with Crippen molar-refractivity contribution in [3.05, 3.63) is 35.4 Å². The third-order valence-electron chi connectivity index (χ3n) is 4.64. The van der Waals surface area contributed by atoms with Gasteiger partial charge in [-0.15, -0.1) is 12.4 Å². The summed E-state index contributed by atoms with van der Waals surface area (Å²) in [7, 11) is 0. The fourth-order valence-corrected chi connectivity index (χ4v) is 3.45. The Morgan fingerprint density at radius 1 is 1.21 bits per heavy atom. The molecule has 3 rings (SSSR count). The standard InChI is InChI=1S/C16H23F3N4.ClH/c1-11-9-23(7-6-20-11)10-13-8-21-22-15(13)12-2-4-14(5-3-12)16(17,18)19;/h2-5,11,13,15,20-22H,6-10H2,1H3;1H/t11-,13?,15?;/m1./s1. The van der Waals surface area contributed by atoms with Gasteiger partial charge in [0.05, 0.1) is 11.6 Å². The third kappa shape index (κ3) is 4.61. The first kappa shape index (κ1) is 19.5. The van der Waals surface area contributed by atoms with E-state index in [4.69, 9.17) is 0 Å². The number of nitrogens with zero attached hydrogens (tertiary/aromatic N) is 1. The Bertz CT molecular complexity index is 523. The van der Waals surface area contributed by atoms with Crippen molar-refractivity contribution in [2.24, 2.45) is 5.92 Å². The van der Waals surface area contributed by atoms with Crippen molar-refractivity contribution in [2.45, 2.75) is 25.2 Å². The fourth-order valence-electron chi connectivity index (χ4n) is 3.45. The lowest BCUT2D eigenvalue weighted by atomic mass is 9.93. The van der Waals surface area contributed by atoms with Gasteiger partial charge in [0.1, 0.15) is 0 Å². The Labute approximate surface area is 146 Å². The highest BCUT2D eigenvalue weighted by Crippen LogP contribution is 2.32. The monoisotopic (exact) mass is 364 g/mol. The molecule has 3 atom stereocenters. The minimum absolute atomic E-state index is 0. The molecule has 2 aliphatic rings. The Morgan fingerprint density at radius 2 is 1.92 bits per heavy atom. The lowest BCUT2D eigenvalue weighted by molar-refractivity contribution is -0.137. The van der Waals surface area contributed by atoms with Crippen LogP contribution in [0.15, 0.2) is 24.3 Å². The van der Waals surface area contributed by atoms with Crippen LogP contribution < -0.4 is 16.2 Å². The Balaban J connectivity index is 0.00000208. The second-order valence-electron chi connectivity index (χ2n) is 6.50. The zero-order valence-electron chi connectivity index (χ0n) is 13.6. The average molecular weight is 365 g/mol. The third-order valence-corrected chi connectivity index (χ3v) is 4.64. The molecular formula is C16H24ClF3N4. The van der Waals surface area contributed by atoms with E-state index in [1.165, 1.54) is 12.1 Å². The van der Waals surface area contributed by atoms with Gasteiger partial charge in [-0.05, 0) is 24.6 Å². The van der Waals surface area contributed by atoms with Crippen LogP contribution in [0.5, 0.6) is 0 Å². The van der Waals surface area contributed by atoms with Crippen LogP contribution in [0.3, 0.4) is 0 Å². The van der Waals surface area contributed by atoms with E-state index in [1.54, 1.807) is 12.1 Å². The van der Waals surface area contributed by atoms with Gasteiger partial charge in [0.15, 0.2) is 0 Å². The minimum Gasteiger partial charge on any atom is -0.312 e. The molecule has 2 unspecified atom stereocenters. The van der Waals surface area contributed by atoms with Crippen molar-refractivity contribution < 1.29 is 13.2 Å². The zero-order chi connectivity index (χ0) is 16.4. The van der Waals surface area contributed by atoms with Gasteiger partial charge in [0.25, 0.3) is 0 Å². The number of rotatable bonds is 3. The van der Waals surface area contributed by atoms with E-state index in [0.29, 0.717) is 12.0 Å². The van der Waals surface area contributed by atoms with Gasteiger partial charge < -0.3 is 10.2 Å². The van der Waals surface area contributed by atoms with Crippen LogP contribution in [-0.4, -0.2) is 43.7 Å². The Kier molecular flexibility index (Phi) is 6.50. The SMILES string of the molecule is C[C@@H]1CN(CC2CNNC2c2ccc(C(F)(F)F)cc2)CCN1.Cl. The van der Waals surface area contributed by atoms with Gasteiger partial charge in [0, 0.05) is 44.7 Å². The van der Waals surface area contributed by atoms with Crippen LogP contribution in [0.1, 0.15) is 24.1 Å². The molecule has 2 saturated heterocycles. The maximum Gasteiger partial charge on any atom is 0.416 e. The molecule has 4 nitrogen and oxygen atoms in total. The molecule has 1 aromatic rings. The van der Waals surface area contributed by atoms with Crippen molar-refractivity contribution in [1.29, 1.82) is 0 Å². The first-order chi connectivity index (χ1) is 10.9. The second-order valence-corrected chi connectivity index (χ2v) is 6.50. The van der Waals surface area contributed by atoms with Gasteiger partial charge in [0.2, 0.25) is 0 Å². The molecule has 2 fully saturated rings. The number of hydrogen-bond acceptors (Lipinski definition) is 4. The molecule has 0 aromatic heterocycles. The molecule has 0 saturated carbocycles. The maximum absolute atomic E-state index is 12.7. The zero-order valence-corrected chi connectivity index (χ0v) is 14.4. The highest BCUT2D eigenvalue weighted by atomic mass is 35.5. The number of alkyl halides is 3. The van der Waals surface area contributed by atoms with Crippen LogP contribution in [0.4, 0.5) is 13.2 Å². The Morgan fingerprint density at radius 3 is 2.54 bits per heavy atom. The van der Waals surface area contributed by atoms with E-state index in [-0.39, 0.29) is 18.4 Å². The summed E-state index contributed by atoms with van der Waals surface area (Å²) in [5, 5.41) is 3.42. The summed E-state index contributed by atoms with van der Waals surface area (Å²) in [5.41, 5.74) is 6.66. The van der Waals surface area contributed by atoms with Gasteiger partial charge in [-0.2, -0.15) is 13.2 Å². The van der Waals surface area contributed by atoms with Gasteiger partial charge in [-0.3, -0.25) is 5.43 Å². The van der Waals surface area contributed by atoms with Crippen LogP contribution in [0.2, 0.25) is 0 Å². The predicted octanol–water partition coefficient (Wildman–Crippen LogP) is 2.19. The fraction of sp³-hybridized carbons (Fsp3) is 0.625. The van der Waals surface area contributed by atoms with Crippen molar-refractivity contribution in [1.82, 2.24) is 21.1 Å². The molecule has 2 aliphatic heterocycles. The van der Waals surface area contributed by atoms with E-state index in [9.17, 15) is 13.2 Å². The van der Waals surface area contributed by atoms with Gasteiger partial charge >= 0.3 is 6.18 Å². The first-order valence-corrected chi connectivity index (χ1v) is 8.05. The normalized spacial score (nSPS) is 28.6. The van der Waals surface area contributed by atoms with E-state index in [0.717, 1.165) is 38.3 Å². The summed E-state index contributed by atoms with van der Waals surface area (Å²) in [5.74, 6) is 0.344. The van der Waals surface area contributed by atoms with Crippen LogP contribution in [-0.2, 0) is 6.18 Å². The highest BCUT2D eigenvalue weighted by Gasteiger charge is 2.33. The quantitative estimate of drug-likeness (QED) is 0.769. The lowest BCUT2D eigenvalue weighted by Crippen LogP contribution is -2.50. The number of hydrogen-bond donors (Lipinski definition) is 3. The van der Waals surface area contributed by atoms with Crippen LogP contribution >= 0.6 is 12.4 Å². The summed E-state index contributed by atoms with van der Waals surface area (Å²) in [6.07, 6.45) is -4.28. The number of nitrogens with one attached hydrogen (secondary N) is 3. The molecule has 0 aliphatic carbocycles. The van der Waals surface area contributed by atoms with Crippen molar-refractivity contribution in [2.75, 3.05) is 32.7 Å². The molecule has 1 aromatic carbocycles. The summed E-state index contributed by atoms with van der Waals surface area (Å²) in [6.45, 7) is 6.95. The summed E-state index contributed by atoms with van der Waals surface area (Å²) >= 11 is 0. The number of benzene rings is 1. The predicted molar refractivity (Wildman–Crippen MR) is 90.0 cm³/mol. The molecule has 2 heterocycles. The molecule has 0 amide bonds. The summed E-state index contributed by atoms with van der Waals surface area (Å²) in [6, 6.07) is 6.03. The summed E-state index contributed by atoms with van der Waals surface area (Å²) < 4.78 is 38.0. The molecular weight excluding hydrogens is 341 g/mol. The number of piperazine rings is 1. The van der Waals surface area contributed by atoms with E-state index in [2.05, 4.69) is 28.0 Å².